The van der Waals surface area contributed by atoms with E-state index < -0.39 is 0 Å². The molecule has 1 fully saturated rings. The van der Waals surface area contributed by atoms with Crippen molar-refractivity contribution in [3.05, 3.63) is 35.1 Å². The van der Waals surface area contributed by atoms with E-state index in [1.54, 1.807) is 0 Å². The summed E-state index contributed by atoms with van der Waals surface area (Å²) in [4.78, 5) is 4.12. The molecule has 1 aliphatic heterocycles. The highest BCUT2D eigenvalue weighted by molar-refractivity contribution is 6.29. The van der Waals surface area contributed by atoms with E-state index in [1.807, 2.05) is 12.3 Å². The van der Waals surface area contributed by atoms with Gasteiger partial charge in [-0.3, -0.25) is 0 Å². The number of rotatable bonds is 1. The molecule has 0 spiro atoms. The Bertz CT molecular complexity index is 397. The predicted molar refractivity (Wildman–Crippen MR) is 61.7 cm³/mol. The van der Waals surface area contributed by atoms with E-state index in [4.69, 9.17) is 11.6 Å². The van der Waals surface area contributed by atoms with Crippen LogP contribution in [0.2, 0.25) is 5.15 Å². The van der Waals surface area contributed by atoms with Gasteiger partial charge in [-0.15, -0.1) is 0 Å². The summed E-state index contributed by atoms with van der Waals surface area (Å²) in [5, 5.41) is 4.10. The SMILES string of the molecule is Clc1ccc(C2=C[C@@H]3CCN[C@@H]3C2)cn1. The summed E-state index contributed by atoms with van der Waals surface area (Å²) in [6.07, 6.45) is 6.67. The van der Waals surface area contributed by atoms with Gasteiger partial charge >= 0.3 is 0 Å². The summed E-state index contributed by atoms with van der Waals surface area (Å²) >= 11 is 5.77. The van der Waals surface area contributed by atoms with Gasteiger partial charge in [0, 0.05) is 12.2 Å². The average Bonchev–Trinajstić information content (AvgIpc) is 2.78. The third-order valence-corrected chi connectivity index (χ3v) is 3.58. The van der Waals surface area contributed by atoms with E-state index in [2.05, 4.69) is 22.4 Å². The first-order valence-electron chi connectivity index (χ1n) is 5.39. The highest BCUT2D eigenvalue weighted by Crippen LogP contribution is 2.35. The molecule has 1 aliphatic carbocycles. The van der Waals surface area contributed by atoms with E-state index in [0.29, 0.717) is 11.2 Å². The molecule has 0 bridgehead atoms. The lowest BCUT2D eigenvalue weighted by atomic mass is 10.1. The normalized spacial score (nSPS) is 29.0. The average molecular weight is 221 g/mol. The van der Waals surface area contributed by atoms with Crippen molar-refractivity contribution in [1.82, 2.24) is 10.3 Å². The van der Waals surface area contributed by atoms with Crippen LogP contribution >= 0.6 is 11.6 Å². The second kappa shape index (κ2) is 3.62. The van der Waals surface area contributed by atoms with Crippen molar-refractivity contribution < 1.29 is 0 Å². The molecule has 2 aliphatic rings. The first-order chi connectivity index (χ1) is 7.33. The monoisotopic (exact) mass is 220 g/mol. The van der Waals surface area contributed by atoms with E-state index in [-0.39, 0.29) is 0 Å². The Balaban J connectivity index is 1.87. The molecule has 3 rings (SSSR count). The number of nitrogens with zero attached hydrogens (tertiary/aromatic N) is 1. The molecular weight excluding hydrogens is 208 g/mol. The lowest BCUT2D eigenvalue weighted by molar-refractivity contribution is 0.563. The molecule has 1 aromatic heterocycles. The second-order valence-electron chi connectivity index (χ2n) is 4.28. The molecule has 0 unspecified atom stereocenters. The molecule has 2 nitrogen and oxygen atoms in total. The van der Waals surface area contributed by atoms with Gasteiger partial charge in [0.15, 0.2) is 0 Å². The zero-order valence-electron chi connectivity index (χ0n) is 8.41. The quantitative estimate of drug-likeness (QED) is 0.736. The maximum absolute atomic E-state index is 5.77. The molecule has 1 aromatic rings. The highest BCUT2D eigenvalue weighted by atomic mass is 35.5. The number of hydrogen-bond donors (Lipinski definition) is 1. The Labute approximate surface area is 94.4 Å². The van der Waals surface area contributed by atoms with Crippen LogP contribution in [0.1, 0.15) is 18.4 Å². The minimum absolute atomic E-state index is 0.565. The standard InChI is InChI=1S/C12H13ClN2/c13-12-2-1-9(7-15-12)10-5-8-3-4-14-11(8)6-10/h1-2,5,7-8,11,14H,3-4,6H2/t8-,11+/m0/s1. The lowest BCUT2D eigenvalue weighted by Gasteiger charge is -2.08. The molecule has 1 saturated heterocycles. The van der Waals surface area contributed by atoms with Crippen LogP contribution in [0.25, 0.3) is 5.57 Å². The van der Waals surface area contributed by atoms with Gasteiger partial charge in [-0.1, -0.05) is 23.7 Å². The second-order valence-corrected chi connectivity index (χ2v) is 4.67. The van der Waals surface area contributed by atoms with Crippen molar-refractivity contribution in [2.45, 2.75) is 18.9 Å². The van der Waals surface area contributed by atoms with Crippen molar-refractivity contribution >= 4 is 17.2 Å². The minimum atomic E-state index is 0.565. The summed E-state index contributed by atoms with van der Waals surface area (Å²) in [6, 6.07) is 4.58. The minimum Gasteiger partial charge on any atom is -0.313 e. The van der Waals surface area contributed by atoms with Crippen LogP contribution in [0.3, 0.4) is 0 Å². The topological polar surface area (TPSA) is 24.9 Å². The molecule has 1 N–H and O–H groups in total. The molecule has 0 radical (unpaired) electrons. The molecule has 0 saturated carbocycles. The Morgan fingerprint density at radius 1 is 1.40 bits per heavy atom. The smallest absolute Gasteiger partial charge is 0.129 e. The van der Waals surface area contributed by atoms with E-state index in [9.17, 15) is 0 Å². The summed E-state index contributed by atoms with van der Waals surface area (Å²) in [7, 11) is 0. The molecule has 2 heterocycles. The maximum atomic E-state index is 5.77. The zero-order valence-corrected chi connectivity index (χ0v) is 9.17. The predicted octanol–water partition coefficient (Wildman–Crippen LogP) is 2.50. The molecular formula is C12H13ClN2. The van der Waals surface area contributed by atoms with Crippen LogP contribution in [0.5, 0.6) is 0 Å². The van der Waals surface area contributed by atoms with Gasteiger partial charge in [0.05, 0.1) is 0 Å². The summed E-state index contributed by atoms with van der Waals surface area (Å²) in [5.41, 5.74) is 2.64. The van der Waals surface area contributed by atoms with Crippen molar-refractivity contribution in [3.63, 3.8) is 0 Å². The van der Waals surface area contributed by atoms with Crippen molar-refractivity contribution in [2.75, 3.05) is 6.54 Å². The van der Waals surface area contributed by atoms with Crippen molar-refractivity contribution in [2.24, 2.45) is 5.92 Å². The molecule has 0 amide bonds. The molecule has 15 heavy (non-hydrogen) atoms. The van der Waals surface area contributed by atoms with Crippen LogP contribution < -0.4 is 5.32 Å². The van der Waals surface area contributed by atoms with E-state index in [1.165, 1.54) is 17.6 Å². The number of fused-ring (bicyclic) bond motifs is 1. The van der Waals surface area contributed by atoms with Crippen LogP contribution in [0, 0.1) is 5.92 Å². The Morgan fingerprint density at radius 2 is 2.33 bits per heavy atom. The van der Waals surface area contributed by atoms with Crippen molar-refractivity contribution in [3.8, 4) is 0 Å². The Morgan fingerprint density at radius 3 is 3.07 bits per heavy atom. The lowest BCUT2D eigenvalue weighted by Crippen LogP contribution is -2.22. The highest BCUT2D eigenvalue weighted by Gasteiger charge is 2.31. The van der Waals surface area contributed by atoms with Crippen LogP contribution in [0.15, 0.2) is 24.4 Å². The van der Waals surface area contributed by atoms with E-state index in [0.717, 1.165) is 18.9 Å². The third kappa shape index (κ3) is 1.68. The van der Waals surface area contributed by atoms with E-state index >= 15 is 0 Å². The molecule has 2 atom stereocenters. The fourth-order valence-electron chi connectivity index (χ4n) is 2.55. The number of aromatic nitrogens is 1. The summed E-state index contributed by atoms with van der Waals surface area (Å²) in [5.74, 6) is 0.732. The van der Waals surface area contributed by atoms with Gasteiger partial charge in [0.25, 0.3) is 0 Å². The van der Waals surface area contributed by atoms with Crippen LogP contribution in [0.4, 0.5) is 0 Å². The van der Waals surface area contributed by atoms with Gasteiger partial charge in [-0.25, -0.2) is 4.98 Å². The maximum Gasteiger partial charge on any atom is 0.129 e. The first kappa shape index (κ1) is 9.37. The fourth-order valence-corrected chi connectivity index (χ4v) is 2.67. The summed E-state index contributed by atoms with van der Waals surface area (Å²) < 4.78 is 0. The Hall–Kier alpha value is -0.860. The van der Waals surface area contributed by atoms with Gasteiger partial charge in [-0.2, -0.15) is 0 Å². The molecule has 78 valence electrons. The third-order valence-electron chi connectivity index (χ3n) is 3.35. The molecule has 0 aromatic carbocycles. The zero-order chi connectivity index (χ0) is 10.3. The number of hydrogen-bond acceptors (Lipinski definition) is 2. The number of halogens is 1. The Kier molecular flexibility index (Phi) is 2.26. The van der Waals surface area contributed by atoms with Crippen LogP contribution in [-0.4, -0.2) is 17.6 Å². The number of pyridine rings is 1. The van der Waals surface area contributed by atoms with Gasteiger partial charge < -0.3 is 5.32 Å². The molecule has 3 heteroatoms. The van der Waals surface area contributed by atoms with Gasteiger partial charge in [0.1, 0.15) is 5.15 Å². The summed E-state index contributed by atoms with van der Waals surface area (Å²) in [6.45, 7) is 1.16. The number of nitrogens with one attached hydrogen (secondary N) is 1. The van der Waals surface area contributed by atoms with Gasteiger partial charge in [-0.05, 0) is 42.5 Å². The first-order valence-corrected chi connectivity index (χ1v) is 5.77. The van der Waals surface area contributed by atoms with Crippen LogP contribution in [-0.2, 0) is 0 Å². The fraction of sp³-hybridized carbons (Fsp3) is 0.417. The largest absolute Gasteiger partial charge is 0.313 e. The van der Waals surface area contributed by atoms with Crippen molar-refractivity contribution in [1.29, 1.82) is 0 Å². The van der Waals surface area contributed by atoms with Gasteiger partial charge in [0.2, 0.25) is 0 Å².